The van der Waals surface area contributed by atoms with Gasteiger partial charge in [0.05, 0.1) is 16.5 Å². The first-order valence-electron chi connectivity index (χ1n) is 5.09. The van der Waals surface area contributed by atoms with Gasteiger partial charge in [-0.05, 0) is 25.1 Å². The number of hydrogen-bond acceptors (Lipinski definition) is 2. The van der Waals surface area contributed by atoms with Gasteiger partial charge in [-0.2, -0.15) is 13.2 Å². The van der Waals surface area contributed by atoms with Crippen LogP contribution in [0, 0.1) is 5.92 Å². The normalized spacial score (nSPS) is 12.9. The molecule has 0 aliphatic rings. The Morgan fingerprint density at radius 2 is 2.00 bits per heavy atom. The van der Waals surface area contributed by atoms with Crippen LogP contribution < -0.4 is 11.1 Å². The van der Waals surface area contributed by atoms with Crippen LogP contribution in [-0.2, 0) is 11.0 Å². The van der Waals surface area contributed by atoms with Crippen molar-refractivity contribution in [2.45, 2.75) is 13.1 Å². The molecule has 0 aliphatic heterocycles. The number of nitrogens with one attached hydrogen (secondary N) is 1. The Kier molecular flexibility index (Phi) is 4.92. The number of alkyl halides is 3. The second-order valence-corrected chi connectivity index (χ2v) is 5.23. The zero-order valence-corrected chi connectivity index (χ0v) is 12.1. The quantitative estimate of drug-likeness (QED) is 0.818. The van der Waals surface area contributed by atoms with E-state index >= 15 is 0 Å². The Bertz CT molecular complexity index is 519. The van der Waals surface area contributed by atoms with Crippen molar-refractivity contribution in [3.05, 3.63) is 28.2 Å². The maximum absolute atomic E-state index is 12.6. The number of nitrogens with two attached hydrogens (primary N) is 1. The minimum absolute atomic E-state index is 0.0230. The third-order valence-corrected chi connectivity index (χ3v) is 3.12. The highest BCUT2D eigenvalue weighted by atomic mass is 79.9. The van der Waals surface area contributed by atoms with E-state index in [1.807, 2.05) is 0 Å². The number of carbonyl (C=O) groups excluding carboxylic acids is 1. The molecule has 104 valence electrons. The summed E-state index contributed by atoms with van der Waals surface area (Å²) in [5.41, 5.74) is 4.46. The lowest BCUT2D eigenvalue weighted by atomic mass is 10.1. The van der Waals surface area contributed by atoms with Crippen LogP contribution in [0.15, 0.2) is 22.7 Å². The van der Waals surface area contributed by atoms with Crippen LogP contribution in [0.5, 0.6) is 0 Å². The van der Waals surface area contributed by atoms with Crippen molar-refractivity contribution >= 4 is 44.7 Å². The second-order valence-electron chi connectivity index (χ2n) is 3.84. The van der Waals surface area contributed by atoms with E-state index in [0.717, 1.165) is 12.1 Å². The summed E-state index contributed by atoms with van der Waals surface area (Å²) in [4.78, 5) is 11.6. The molecule has 0 saturated heterocycles. The van der Waals surface area contributed by atoms with Gasteiger partial charge < -0.3 is 11.1 Å². The van der Waals surface area contributed by atoms with Crippen LogP contribution in [0.1, 0.15) is 12.5 Å². The molecule has 0 aliphatic carbocycles. The molecule has 1 rings (SSSR count). The van der Waals surface area contributed by atoms with Gasteiger partial charge in [0.2, 0.25) is 5.91 Å². The largest absolute Gasteiger partial charge is 0.416 e. The standard InChI is InChI=1S/C11H10BrF3N2OS/c1-5(9(16)19)10(18)17-8-3-6(11(13,14)15)2-7(12)4-8/h2-5H,1H3,(H2,16,19)(H,17,18). The summed E-state index contributed by atoms with van der Waals surface area (Å²) in [5, 5.41) is 2.34. The number of hydrogen-bond donors (Lipinski definition) is 2. The summed E-state index contributed by atoms with van der Waals surface area (Å²) in [5.74, 6) is -1.32. The minimum atomic E-state index is -4.49. The summed E-state index contributed by atoms with van der Waals surface area (Å²) < 4.78 is 38.0. The summed E-state index contributed by atoms with van der Waals surface area (Å²) in [6.07, 6.45) is -4.49. The molecule has 3 N–H and O–H groups in total. The first-order valence-corrected chi connectivity index (χ1v) is 6.29. The van der Waals surface area contributed by atoms with Gasteiger partial charge in [-0.1, -0.05) is 28.1 Å². The average molecular weight is 355 g/mol. The van der Waals surface area contributed by atoms with Crippen LogP contribution in [0.25, 0.3) is 0 Å². The van der Waals surface area contributed by atoms with Gasteiger partial charge in [0.25, 0.3) is 0 Å². The smallest absolute Gasteiger partial charge is 0.393 e. The molecule has 1 aromatic rings. The number of carbonyl (C=O) groups is 1. The van der Waals surface area contributed by atoms with Crippen LogP contribution >= 0.6 is 28.1 Å². The molecular weight excluding hydrogens is 345 g/mol. The first-order chi connectivity index (χ1) is 8.61. The van der Waals surface area contributed by atoms with E-state index in [4.69, 9.17) is 5.73 Å². The summed E-state index contributed by atoms with van der Waals surface area (Å²) >= 11 is 7.61. The van der Waals surface area contributed by atoms with Crippen molar-refractivity contribution in [2.75, 3.05) is 5.32 Å². The monoisotopic (exact) mass is 354 g/mol. The molecular formula is C11H10BrF3N2OS. The molecule has 0 aromatic heterocycles. The van der Waals surface area contributed by atoms with Crippen molar-refractivity contribution in [3.63, 3.8) is 0 Å². The zero-order valence-electron chi connectivity index (χ0n) is 9.72. The lowest BCUT2D eigenvalue weighted by molar-refractivity contribution is -0.137. The van der Waals surface area contributed by atoms with Crippen molar-refractivity contribution in [2.24, 2.45) is 11.7 Å². The van der Waals surface area contributed by atoms with E-state index < -0.39 is 23.6 Å². The molecule has 0 spiro atoms. The number of benzene rings is 1. The third-order valence-electron chi connectivity index (χ3n) is 2.31. The van der Waals surface area contributed by atoms with E-state index in [0.29, 0.717) is 0 Å². The molecule has 3 nitrogen and oxygen atoms in total. The van der Waals surface area contributed by atoms with Gasteiger partial charge >= 0.3 is 6.18 Å². The Morgan fingerprint density at radius 3 is 2.47 bits per heavy atom. The van der Waals surface area contributed by atoms with Gasteiger partial charge in [0.1, 0.15) is 0 Å². The molecule has 1 unspecified atom stereocenters. The van der Waals surface area contributed by atoms with Gasteiger partial charge in [0.15, 0.2) is 0 Å². The highest BCUT2D eigenvalue weighted by Crippen LogP contribution is 2.33. The Labute approximate surface area is 121 Å². The fourth-order valence-corrected chi connectivity index (χ4v) is 1.81. The Morgan fingerprint density at radius 1 is 1.42 bits per heavy atom. The number of amides is 1. The molecule has 1 aromatic carbocycles. The lowest BCUT2D eigenvalue weighted by Crippen LogP contribution is -2.30. The average Bonchev–Trinajstić information content (AvgIpc) is 2.25. The topological polar surface area (TPSA) is 55.1 Å². The molecule has 0 saturated carbocycles. The zero-order chi connectivity index (χ0) is 14.8. The summed E-state index contributed by atoms with van der Waals surface area (Å²) in [6, 6.07) is 3.13. The lowest BCUT2D eigenvalue weighted by Gasteiger charge is -2.13. The van der Waals surface area contributed by atoms with Crippen molar-refractivity contribution in [1.29, 1.82) is 0 Å². The van der Waals surface area contributed by atoms with Crippen molar-refractivity contribution in [3.8, 4) is 0 Å². The van der Waals surface area contributed by atoms with E-state index in [2.05, 4.69) is 33.5 Å². The molecule has 1 amide bonds. The number of thiocarbonyl (C=S) groups is 1. The Balaban J connectivity index is 3.00. The highest BCUT2D eigenvalue weighted by Gasteiger charge is 2.31. The third kappa shape index (κ3) is 4.46. The molecule has 0 fully saturated rings. The number of rotatable bonds is 3. The van der Waals surface area contributed by atoms with Crippen LogP contribution in [0.2, 0.25) is 0 Å². The number of halogens is 4. The molecule has 19 heavy (non-hydrogen) atoms. The van der Waals surface area contributed by atoms with Crippen LogP contribution in [0.3, 0.4) is 0 Å². The van der Waals surface area contributed by atoms with E-state index in [1.54, 1.807) is 0 Å². The summed E-state index contributed by atoms with van der Waals surface area (Å²) in [7, 11) is 0. The Hall–Kier alpha value is -1.15. The maximum atomic E-state index is 12.6. The SMILES string of the molecule is CC(C(=O)Nc1cc(Br)cc(C(F)(F)F)c1)C(N)=S. The first kappa shape index (κ1) is 15.9. The summed E-state index contributed by atoms with van der Waals surface area (Å²) in [6.45, 7) is 1.47. The molecule has 0 heterocycles. The minimum Gasteiger partial charge on any atom is -0.393 e. The van der Waals surface area contributed by atoms with Crippen LogP contribution in [0.4, 0.5) is 18.9 Å². The molecule has 8 heteroatoms. The number of anilines is 1. The fraction of sp³-hybridized carbons (Fsp3) is 0.273. The van der Waals surface area contributed by atoms with Crippen molar-refractivity contribution in [1.82, 2.24) is 0 Å². The predicted molar refractivity (Wildman–Crippen MR) is 73.7 cm³/mol. The van der Waals surface area contributed by atoms with E-state index in [-0.39, 0.29) is 15.1 Å². The molecule has 0 radical (unpaired) electrons. The highest BCUT2D eigenvalue weighted by molar-refractivity contribution is 9.10. The molecule has 0 bridgehead atoms. The maximum Gasteiger partial charge on any atom is 0.416 e. The van der Waals surface area contributed by atoms with Gasteiger partial charge in [-0.3, -0.25) is 4.79 Å². The van der Waals surface area contributed by atoms with Gasteiger partial charge in [-0.15, -0.1) is 0 Å². The molecule has 1 atom stereocenters. The fourth-order valence-electron chi connectivity index (χ4n) is 1.21. The van der Waals surface area contributed by atoms with Crippen molar-refractivity contribution < 1.29 is 18.0 Å². The van der Waals surface area contributed by atoms with Crippen LogP contribution in [-0.4, -0.2) is 10.9 Å². The second kappa shape index (κ2) is 5.87. The van der Waals surface area contributed by atoms with E-state index in [1.165, 1.54) is 13.0 Å². The van der Waals surface area contributed by atoms with E-state index in [9.17, 15) is 18.0 Å². The van der Waals surface area contributed by atoms with Gasteiger partial charge in [-0.25, -0.2) is 0 Å². The predicted octanol–water partition coefficient (Wildman–Crippen LogP) is 3.33. The van der Waals surface area contributed by atoms with Gasteiger partial charge in [0, 0.05) is 10.2 Å².